The lowest BCUT2D eigenvalue weighted by atomic mass is 9.95. The Hall–Kier alpha value is -2.49. The molecule has 1 N–H and O–H groups in total. The van der Waals surface area contributed by atoms with Crippen molar-refractivity contribution >= 4 is 12.2 Å². The van der Waals surface area contributed by atoms with E-state index in [-0.39, 0.29) is 5.75 Å². The highest BCUT2D eigenvalue weighted by molar-refractivity contribution is 5.72. The van der Waals surface area contributed by atoms with E-state index in [4.69, 9.17) is 9.47 Å². The molecule has 0 bridgehead atoms. The molecule has 132 valence electrons. The van der Waals surface area contributed by atoms with Gasteiger partial charge < -0.3 is 14.6 Å². The summed E-state index contributed by atoms with van der Waals surface area (Å²) in [4.78, 5) is 0. The first-order valence-corrected chi connectivity index (χ1v) is 8.85. The Balaban J connectivity index is 1.75. The summed E-state index contributed by atoms with van der Waals surface area (Å²) in [5.74, 6) is 0.833. The van der Waals surface area contributed by atoms with E-state index in [1.165, 1.54) is 46.3 Å². The van der Waals surface area contributed by atoms with Crippen molar-refractivity contribution in [2.75, 3.05) is 14.2 Å². The predicted octanol–water partition coefficient (Wildman–Crippen LogP) is 4.37. The second-order valence-corrected chi connectivity index (χ2v) is 6.48. The summed E-state index contributed by atoms with van der Waals surface area (Å²) in [6, 6.07) is 8.51. The summed E-state index contributed by atoms with van der Waals surface area (Å²) >= 11 is 0. The number of hydrogen-bond acceptors (Lipinski definition) is 3. The fraction of sp³-hybridized carbons (Fsp3) is 0.381. The highest BCUT2D eigenvalue weighted by Crippen LogP contribution is 2.37. The van der Waals surface area contributed by atoms with Crippen molar-refractivity contribution in [1.29, 1.82) is 0 Å². The Morgan fingerprint density at radius 2 is 1.48 bits per heavy atom. The molecular weight excluding hydrogens is 314 g/mol. The topological polar surface area (TPSA) is 42.6 Å². The Kier molecular flexibility index (Phi) is 5.59. The maximum atomic E-state index is 9.98. The maximum Gasteiger partial charge on any atom is 0.200 e. The zero-order valence-electron chi connectivity index (χ0n) is 14.9. The number of phenols is 1. The summed E-state index contributed by atoms with van der Waals surface area (Å²) < 4.78 is 12.7. The molecule has 0 saturated heterocycles. The predicted molar refractivity (Wildman–Crippen MR) is 98.9 cm³/mol. The molecule has 1 heterocycles. The molecule has 1 aromatic heterocycles. The van der Waals surface area contributed by atoms with Gasteiger partial charge in [0, 0.05) is 25.0 Å². The minimum atomic E-state index is 0.0235. The molecule has 0 radical (unpaired) electrons. The standard InChI is InChI=1S/C21H25NO3/c1-24-19-14-17(15-20(25-2)21(19)23)9-8-16-10-12-22(13-11-16)18-6-4-3-5-7-18/h8-15,18H,3-7H2,1-2H3/p+1. The number of rotatable bonds is 5. The van der Waals surface area contributed by atoms with E-state index in [0.29, 0.717) is 17.5 Å². The number of hydrogen-bond donors (Lipinski definition) is 1. The Morgan fingerprint density at radius 1 is 0.920 bits per heavy atom. The molecule has 25 heavy (non-hydrogen) atoms. The smallest absolute Gasteiger partial charge is 0.200 e. The molecule has 0 aliphatic heterocycles. The second-order valence-electron chi connectivity index (χ2n) is 6.48. The molecule has 0 amide bonds. The number of phenolic OH excluding ortho intramolecular Hbond substituents is 1. The number of nitrogens with zero attached hydrogens (tertiary/aromatic N) is 1. The number of aromatic hydroxyl groups is 1. The first-order chi connectivity index (χ1) is 12.2. The minimum absolute atomic E-state index is 0.0235. The molecule has 1 saturated carbocycles. The van der Waals surface area contributed by atoms with Crippen LogP contribution in [-0.4, -0.2) is 19.3 Å². The van der Waals surface area contributed by atoms with Gasteiger partial charge in [-0.15, -0.1) is 0 Å². The van der Waals surface area contributed by atoms with Crippen molar-refractivity contribution in [3.05, 3.63) is 47.8 Å². The molecule has 1 fully saturated rings. The van der Waals surface area contributed by atoms with Crippen molar-refractivity contribution in [1.82, 2.24) is 0 Å². The summed E-state index contributed by atoms with van der Waals surface area (Å²) in [6.45, 7) is 0. The van der Waals surface area contributed by atoms with Crippen LogP contribution in [0.5, 0.6) is 17.2 Å². The Labute approximate surface area is 149 Å². The molecule has 4 heteroatoms. The largest absolute Gasteiger partial charge is 0.502 e. The van der Waals surface area contributed by atoms with E-state index < -0.39 is 0 Å². The van der Waals surface area contributed by atoms with E-state index in [1.54, 1.807) is 12.1 Å². The normalized spacial score (nSPS) is 15.4. The van der Waals surface area contributed by atoms with Crippen molar-refractivity contribution in [2.24, 2.45) is 0 Å². The van der Waals surface area contributed by atoms with Gasteiger partial charge in [0.05, 0.1) is 14.2 Å². The number of aromatic nitrogens is 1. The number of ether oxygens (including phenoxy) is 2. The molecular formula is C21H26NO3+. The van der Waals surface area contributed by atoms with Gasteiger partial charge in [0.25, 0.3) is 0 Å². The van der Waals surface area contributed by atoms with Crippen LogP contribution in [0.25, 0.3) is 12.2 Å². The lowest BCUT2D eigenvalue weighted by molar-refractivity contribution is -0.725. The zero-order chi connectivity index (χ0) is 17.6. The van der Waals surface area contributed by atoms with Crippen molar-refractivity contribution in [2.45, 2.75) is 38.1 Å². The van der Waals surface area contributed by atoms with Gasteiger partial charge in [-0.1, -0.05) is 18.6 Å². The fourth-order valence-electron chi connectivity index (χ4n) is 3.39. The van der Waals surface area contributed by atoms with Gasteiger partial charge >= 0.3 is 0 Å². The van der Waals surface area contributed by atoms with Crippen LogP contribution in [0.15, 0.2) is 36.7 Å². The van der Waals surface area contributed by atoms with Crippen molar-refractivity contribution in [3.63, 3.8) is 0 Å². The molecule has 0 atom stereocenters. The number of methoxy groups -OCH3 is 2. The van der Waals surface area contributed by atoms with E-state index >= 15 is 0 Å². The lowest BCUT2D eigenvalue weighted by Gasteiger charge is -2.16. The third kappa shape index (κ3) is 4.13. The molecule has 1 aliphatic rings. The Morgan fingerprint density at radius 3 is 2.04 bits per heavy atom. The molecule has 1 aliphatic carbocycles. The van der Waals surface area contributed by atoms with Crippen LogP contribution < -0.4 is 14.0 Å². The van der Waals surface area contributed by atoms with E-state index in [0.717, 1.165) is 11.1 Å². The quantitative estimate of drug-likeness (QED) is 0.822. The third-order valence-electron chi connectivity index (χ3n) is 4.84. The van der Waals surface area contributed by atoms with E-state index in [2.05, 4.69) is 35.2 Å². The van der Waals surface area contributed by atoms with Crippen LogP contribution in [0.4, 0.5) is 0 Å². The number of pyridine rings is 1. The average molecular weight is 340 g/mol. The van der Waals surface area contributed by atoms with Crippen LogP contribution in [0.1, 0.15) is 49.3 Å². The lowest BCUT2D eigenvalue weighted by Crippen LogP contribution is -2.39. The first kappa shape index (κ1) is 17.3. The first-order valence-electron chi connectivity index (χ1n) is 8.85. The summed E-state index contributed by atoms with van der Waals surface area (Å²) in [7, 11) is 3.06. The van der Waals surface area contributed by atoms with Crippen molar-refractivity contribution in [3.8, 4) is 17.2 Å². The zero-order valence-corrected chi connectivity index (χ0v) is 14.9. The highest BCUT2D eigenvalue weighted by atomic mass is 16.5. The maximum absolute atomic E-state index is 9.98. The molecule has 3 rings (SSSR count). The van der Waals surface area contributed by atoms with Gasteiger partial charge in [0.1, 0.15) is 0 Å². The third-order valence-corrected chi connectivity index (χ3v) is 4.84. The summed E-state index contributed by atoms with van der Waals surface area (Å²) in [5, 5.41) is 9.98. The van der Waals surface area contributed by atoms with Gasteiger partial charge in [0.2, 0.25) is 5.75 Å². The monoisotopic (exact) mass is 340 g/mol. The second kappa shape index (κ2) is 8.06. The summed E-state index contributed by atoms with van der Waals surface area (Å²) in [5.41, 5.74) is 2.05. The molecule has 0 spiro atoms. The van der Waals surface area contributed by atoms with Gasteiger partial charge in [-0.2, -0.15) is 0 Å². The highest BCUT2D eigenvalue weighted by Gasteiger charge is 2.20. The Bertz CT molecular complexity index is 706. The van der Waals surface area contributed by atoms with E-state index in [1.807, 2.05) is 6.08 Å². The van der Waals surface area contributed by atoms with Gasteiger partial charge in [-0.05, 0) is 36.1 Å². The van der Waals surface area contributed by atoms with Gasteiger partial charge in [0.15, 0.2) is 29.9 Å². The average Bonchev–Trinajstić information content (AvgIpc) is 2.68. The molecule has 1 aromatic carbocycles. The van der Waals surface area contributed by atoms with Crippen LogP contribution >= 0.6 is 0 Å². The number of benzene rings is 1. The van der Waals surface area contributed by atoms with Crippen molar-refractivity contribution < 1.29 is 19.1 Å². The molecule has 2 aromatic rings. The van der Waals surface area contributed by atoms with Gasteiger partial charge in [-0.3, -0.25) is 0 Å². The molecule has 4 nitrogen and oxygen atoms in total. The molecule has 0 unspecified atom stereocenters. The van der Waals surface area contributed by atoms with Crippen LogP contribution in [0.3, 0.4) is 0 Å². The van der Waals surface area contributed by atoms with Gasteiger partial charge in [-0.25, -0.2) is 4.57 Å². The summed E-state index contributed by atoms with van der Waals surface area (Å²) in [6.07, 6.45) is 15.0. The van der Waals surface area contributed by atoms with Crippen LogP contribution in [-0.2, 0) is 0 Å². The van der Waals surface area contributed by atoms with Crippen LogP contribution in [0, 0.1) is 0 Å². The van der Waals surface area contributed by atoms with E-state index in [9.17, 15) is 5.11 Å². The minimum Gasteiger partial charge on any atom is -0.502 e. The fourth-order valence-corrected chi connectivity index (χ4v) is 3.39. The van der Waals surface area contributed by atoms with Crippen LogP contribution in [0.2, 0.25) is 0 Å². The SMILES string of the molecule is COc1cc(C=Cc2cc[n+](C3CCCCC3)cc2)cc(OC)c1O.